The average molecular weight is 262 g/mol. The Balaban J connectivity index is 2.73. The molecule has 3 heteroatoms. The van der Waals surface area contributed by atoms with E-state index in [-0.39, 0.29) is 12.2 Å². The fourth-order valence-electron chi connectivity index (χ4n) is 1.67. The molecule has 1 aromatic rings. The highest BCUT2D eigenvalue weighted by atomic mass is 16.5. The predicted molar refractivity (Wildman–Crippen MR) is 77.3 cm³/mol. The van der Waals surface area contributed by atoms with Gasteiger partial charge in [0.2, 0.25) is 0 Å². The lowest BCUT2D eigenvalue weighted by atomic mass is 10.1. The molecule has 0 aliphatic heterocycles. The summed E-state index contributed by atoms with van der Waals surface area (Å²) in [5.41, 5.74) is 2.05. The van der Waals surface area contributed by atoms with Crippen molar-refractivity contribution in [1.29, 1.82) is 0 Å². The second-order valence-corrected chi connectivity index (χ2v) is 4.71. The molecule has 0 spiro atoms. The van der Waals surface area contributed by atoms with Crippen molar-refractivity contribution < 1.29 is 14.6 Å². The Kier molecular flexibility index (Phi) is 6.30. The number of ether oxygens (including phenoxy) is 1. The molecule has 0 bridgehead atoms. The third kappa shape index (κ3) is 5.71. The van der Waals surface area contributed by atoms with Crippen LogP contribution < -0.4 is 4.74 Å². The number of hydrogen-bond donors (Lipinski definition) is 1. The first kappa shape index (κ1) is 15.4. The lowest BCUT2D eigenvalue weighted by Gasteiger charge is -2.09. The zero-order chi connectivity index (χ0) is 14.3. The Morgan fingerprint density at radius 2 is 2.21 bits per heavy atom. The monoisotopic (exact) mass is 262 g/mol. The van der Waals surface area contributed by atoms with Crippen molar-refractivity contribution in [1.82, 2.24) is 0 Å². The second-order valence-electron chi connectivity index (χ2n) is 4.71. The summed E-state index contributed by atoms with van der Waals surface area (Å²) in [6, 6.07) is 5.90. The van der Waals surface area contributed by atoms with Gasteiger partial charge >= 0.3 is 0 Å². The number of aliphatic hydroxyl groups is 1. The van der Waals surface area contributed by atoms with E-state index in [1.165, 1.54) is 6.92 Å². The molecule has 0 aromatic heterocycles. The van der Waals surface area contributed by atoms with Crippen molar-refractivity contribution in [3.05, 3.63) is 35.4 Å². The largest absolute Gasteiger partial charge is 0.493 e. The lowest BCUT2D eigenvalue weighted by Crippen LogP contribution is -2.07. The van der Waals surface area contributed by atoms with Gasteiger partial charge in [0.1, 0.15) is 11.5 Å². The van der Waals surface area contributed by atoms with Crippen LogP contribution in [-0.4, -0.2) is 23.6 Å². The van der Waals surface area contributed by atoms with Crippen molar-refractivity contribution in [2.45, 2.75) is 39.7 Å². The number of rotatable bonds is 7. The minimum absolute atomic E-state index is 0.0203. The van der Waals surface area contributed by atoms with Crippen LogP contribution >= 0.6 is 0 Å². The van der Waals surface area contributed by atoms with Gasteiger partial charge < -0.3 is 9.84 Å². The van der Waals surface area contributed by atoms with Crippen LogP contribution in [-0.2, 0) is 4.79 Å². The first-order valence-electron chi connectivity index (χ1n) is 6.62. The van der Waals surface area contributed by atoms with E-state index in [0.717, 1.165) is 23.3 Å². The van der Waals surface area contributed by atoms with Crippen LogP contribution in [0.4, 0.5) is 0 Å². The Morgan fingerprint density at radius 3 is 2.84 bits per heavy atom. The van der Waals surface area contributed by atoms with Crippen LogP contribution in [0.3, 0.4) is 0 Å². The Hall–Kier alpha value is -1.61. The Bertz CT molecular complexity index is 449. The maximum atomic E-state index is 10.9. The van der Waals surface area contributed by atoms with Crippen LogP contribution in [0.2, 0.25) is 0 Å². The van der Waals surface area contributed by atoms with Gasteiger partial charge in [0.25, 0.3) is 0 Å². The molecule has 0 aliphatic carbocycles. The molecule has 0 saturated carbocycles. The molecule has 0 radical (unpaired) electrons. The summed E-state index contributed by atoms with van der Waals surface area (Å²) in [6.07, 6.45) is 3.85. The zero-order valence-electron chi connectivity index (χ0n) is 11.8. The molecule has 0 aliphatic rings. The van der Waals surface area contributed by atoms with E-state index in [1.807, 2.05) is 31.2 Å². The number of hydrogen-bond acceptors (Lipinski definition) is 3. The summed E-state index contributed by atoms with van der Waals surface area (Å²) in [5.74, 6) is 0.845. The van der Waals surface area contributed by atoms with Crippen molar-refractivity contribution in [2.75, 3.05) is 6.61 Å². The van der Waals surface area contributed by atoms with E-state index in [9.17, 15) is 9.90 Å². The van der Waals surface area contributed by atoms with Crippen molar-refractivity contribution in [3.8, 4) is 5.75 Å². The van der Waals surface area contributed by atoms with Crippen molar-refractivity contribution in [3.63, 3.8) is 0 Å². The maximum Gasteiger partial charge on any atom is 0.132 e. The molecule has 1 N–H and O–H groups in total. The normalized spacial score (nSPS) is 12.6. The fraction of sp³-hybridized carbons (Fsp3) is 0.438. The van der Waals surface area contributed by atoms with Gasteiger partial charge in [-0.3, -0.25) is 4.79 Å². The van der Waals surface area contributed by atoms with E-state index in [2.05, 4.69) is 6.92 Å². The number of carbonyl (C=O) groups excluding carboxylic acids is 1. The third-order valence-corrected chi connectivity index (χ3v) is 2.68. The quantitative estimate of drug-likeness (QED) is 0.821. The van der Waals surface area contributed by atoms with Crippen molar-refractivity contribution in [2.24, 2.45) is 0 Å². The lowest BCUT2D eigenvalue weighted by molar-refractivity contribution is -0.118. The second kappa shape index (κ2) is 7.74. The molecule has 0 saturated heterocycles. The standard InChI is InChI=1S/C16H22O3/c1-4-9-19-16-11-14(6-5-12(16)2)7-8-15(18)10-13(3)17/h5-8,11,15,18H,4,9-10H2,1-3H3/b8-7+. The number of benzene rings is 1. The van der Waals surface area contributed by atoms with E-state index in [4.69, 9.17) is 4.74 Å². The van der Waals surface area contributed by atoms with Gasteiger partial charge in [-0.15, -0.1) is 0 Å². The highest BCUT2D eigenvalue weighted by Crippen LogP contribution is 2.20. The summed E-state index contributed by atoms with van der Waals surface area (Å²) in [7, 11) is 0. The maximum absolute atomic E-state index is 10.9. The van der Waals surface area contributed by atoms with E-state index < -0.39 is 6.10 Å². The van der Waals surface area contributed by atoms with Crippen molar-refractivity contribution >= 4 is 11.9 Å². The molecule has 1 rings (SSSR count). The molecular weight excluding hydrogens is 240 g/mol. The molecule has 0 heterocycles. The molecule has 3 nitrogen and oxygen atoms in total. The van der Waals surface area contributed by atoms with Gasteiger partial charge in [-0.1, -0.05) is 31.2 Å². The molecular formula is C16H22O3. The summed E-state index contributed by atoms with van der Waals surface area (Å²) in [5, 5.41) is 9.61. The minimum atomic E-state index is -0.723. The number of aryl methyl sites for hydroxylation is 1. The summed E-state index contributed by atoms with van der Waals surface area (Å²) >= 11 is 0. The van der Waals surface area contributed by atoms with E-state index >= 15 is 0 Å². The van der Waals surface area contributed by atoms with Gasteiger partial charge in [0.05, 0.1) is 12.7 Å². The van der Waals surface area contributed by atoms with Gasteiger partial charge in [-0.05, 0) is 37.5 Å². The van der Waals surface area contributed by atoms with Crippen LogP contribution in [0, 0.1) is 6.92 Å². The molecule has 0 fully saturated rings. The molecule has 1 atom stereocenters. The number of ketones is 1. The molecule has 0 amide bonds. The van der Waals surface area contributed by atoms with Crippen LogP contribution in [0.1, 0.15) is 37.8 Å². The molecule has 104 valence electrons. The van der Waals surface area contributed by atoms with Crippen LogP contribution in [0.15, 0.2) is 24.3 Å². The summed E-state index contributed by atoms with van der Waals surface area (Å²) in [6.45, 7) is 6.24. The minimum Gasteiger partial charge on any atom is -0.493 e. The first-order chi connectivity index (χ1) is 9.02. The zero-order valence-corrected chi connectivity index (χ0v) is 11.8. The first-order valence-corrected chi connectivity index (χ1v) is 6.62. The Labute approximate surface area is 114 Å². The molecule has 1 unspecified atom stereocenters. The van der Waals surface area contributed by atoms with Gasteiger partial charge in [-0.2, -0.15) is 0 Å². The SMILES string of the molecule is CCCOc1cc(/C=C/C(O)CC(C)=O)ccc1C. The average Bonchev–Trinajstić information content (AvgIpc) is 2.35. The number of Topliss-reactive ketones (excluding diaryl/α,β-unsaturated/α-hetero) is 1. The predicted octanol–water partition coefficient (Wildman–Crippen LogP) is 3.14. The summed E-state index contributed by atoms with van der Waals surface area (Å²) < 4.78 is 5.65. The summed E-state index contributed by atoms with van der Waals surface area (Å²) in [4.78, 5) is 10.9. The Morgan fingerprint density at radius 1 is 1.47 bits per heavy atom. The highest BCUT2D eigenvalue weighted by Gasteiger charge is 2.03. The molecule has 19 heavy (non-hydrogen) atoms. The number of aliphatic hydroxyl groups excluding tert-OH is 1. The fourth-order valence-corrected chi connectivity index (χ4v) is 1.67. The van der Waals surface area contributed by atoms with Gasteiger partial charge in [0, 0.05) is 6.42 Å². The smallest absolute Gasteiger partial charge is 0.132 e. The van der Waals surface area contributed by atoms with Crippen LogP contribution in [0.5, 0.6) is 5.75 Å². The molecule has 1 aromatic carbocycles. The van der Waals surface area contributed by atoms with Gasteiger partial charge in [-0.25, -0.2) is 0 Å². The van der Waals surface area contributed by atoms with E-state index in [1.54, 1.807) is 6.08 Å². The third-order valence-electron chi connectivity index (χ3n) is 2.68. The van der Waals surface area contributed by atoms with Crippen LogP contribution in [0.25, 0.3) is 6.08 Å². The number of carbonyl (C=O) groups is 1. The topological polar surface area (TPSA) is 46.5 Å². The van der Waals surface area contributed by atoms with E-state index in [0.29, 0.717) is 6.61 Å². The van der Waals surface area contributed by atoms with Gasteiger partial charge in [0.15, 0.2) is 0 Å². The highest BCUT2D eigenvalue weighted by molar-refractivity contribution is 5.76.